The number of allylic oxidation sites excluding steroid dienone is 2. The van der Waals surface area contributed by atoms with E-state index in [2.05, 4.69) is 13.0 Å². The third-order valence-corrected chi connectivity index (χ3v) is 4.86. The molecule has 1 aromatic rings. The van der Waals surface area contributed by atoms with Crippen LogP contribution in [0.4, 0.5) is 8.78 Å². The molecule has 0 radical (unpaired) electrons. The maximum Gasteiger partial charge on any atom is 0.166 e. The molecule has 0 amide bonds. The summed E-state index contributed by atoms with van der Waals surface area (Å²) in [6.45, 7) is 3.84. The highest BCUT2D eigenvalue weighted by Gasteiger charge is 2.19. The minimum Gasteiger partial charge on any atom is -0.203 e. The van der Waals surface area contributed by atoms with Crippen LogP contribution in [-0.4, -0.2) is 0 Å². The summed E-state index contributed by atoms with van der Waals surface area (Å²) in [6, 6.07) is 3.40. The van der Waals surface area contributed by atoms with Gasteiger partial charge in [-0.05, 0) is 43.2 Å². The molecule has 2 rings (SSSR count). The number of rotatable bonds is 7. The van der Waals surface area contributed by atoms with E-state index in [4.69, 9.17) is 0 Å². The van der Waals surface area contributed by atoms with Gasteiger partial charge in [-0.3, -0.25) is 0 Å². The normalized spacial score (nSPS) is 18.4. The van der Waals surface area contributed by atoms with Crippen LogP contribution >= 0.6 is 0 Å². The Morgan fingerprint density at radius 1 is 1.05 bits per heavy atom. The molecule has 22 heavy (non-hydrogen) atoms. The van der Waals surface area contributed by atoms with Crippen molar-refractivity contribution in [3.8, 4) is 0 Å². The van der Waals surface area contributed by atoms with E-state index in [-0.39, 0.29) is 0 Å². The number of unbranched alkanes of at least 4 members (excludes halogenated alkanes) is 4. The molecular formula is C20H28F2. The molecule has 1 atom stereocenters. The summed E-state index contributed by atoms with van der Waals surface area (Å²) in [7, 11) is 0. The smallest absolute Gasteiger partial charge is 0.166 e. The van der Waals surface area contributed by atoms with E-state index in [0.717, 1.165) is 30.8 Å². The number of aryl methyl sites for hydroxylation is 1. The van der Waals surface area contributed by atoms with Gasteiger partial charge >= 0.3 is 0 Å². The van der Waals surface area contributed by atoms with E-state index in [1.807, 2.05) is 0 Å². The molecule has 0 bridgehead atoms. The van der Waals surface area contributed by atoms with Crippen LogP contribution < -0.4 is 0 Å². The lowest BCUT2D eigenvalue weighted by Gasteiger charge is -2.22. The molecule has 0 fully saturated rings. The van der Waals surface area contributed by atoms with Crippen molar-refractivity contribution in [3.05, 3.63) is 41.0 Å². The Morgan fingerprint density at radius 3 is 2.50 bits per heavy atom. The van der Waals surface area contributed by atoms with Crippen LogP contribution in [0.5, 0.6) is 0 Å². The number of hydrogen-bond acceptors (Lipinski definition) is 0. The van der Waals surface area contributed by atoms with E-state index in [1.165, 1.54) is 38.5 Å². The quantitative estimate of drug-likeness (QED) is 0.485. The van der Waals surface area contributed by atoms with Gasteiger partial charge in [-0.15, -0.1) is 0 Å². The Kier molecular flexibility index (Phi) is 6.60. The van der Waals surface area contributed by atoms with Crippen LogP contribution in [0.15, 0.2) is 18.2 Å². The van der Waals surface area contributed by atoms with Crippen molar-refractivity contribution >= 4 is 5.57 Å². The van der Waals surface area contributed by atoms with Crippen molar-refractivity contribution in [1.82, 2.24) is 0 Å². The molecule has 0 aliphatic heterocycles. The summed E-state index contributed by atoms with van der Waals surface area (Å²) in [4.78, 5) is 0. The first-order chi connectivity index (χ1) is 10.6. The van der Waals surface area contributed by atoms with Gasteiger partial charge < -0.3 is 0 Å². The predicted octanol–water partition coefficient (Wildman–Crippen LogP) is 6.82. The lowest BCUT2D eigenvalue weighted by Crippen LogP contribution is -2.07. The second-order valence-corrected chi connectivity index (χ2v) is 6.63. The molecule has 0 saturated heterocycles. The van der Waals surface area contributed by atoms with Crippen LogP contribution in [-0.2, 0) is 0 Å². The first kappa shape index (κ1) is 17.2. The van der Waals surface area contributed by atoms with Crippen molar-refractivity contribution < 1.29 is 8.78 Å². The maximum atomic E-state index is 14.0. The van der Waals surface area contributed by atoms with Crippen LogP contribution in [0.2, 0.25) is 0 Å². The Balaban J connectivity index is 1.88. The molecule has 0 saturated carbocycles. The molecule has 0 spiro atoms. The van der Waals surface area contributed by atoms with E-state index in [9.17, 15) is 8.78 Å². The van der Waals surface area contributed by atoms with E-state index in [1.54, 1.807) is 19.1 Å². The highest BCUT2D eigenvalue weighted by Crippen LogP contribution is 2.34. The van der Waals surface area contributed by atoms with Gasteiger partial charge in [0, 0.05) is 5.56 Å². The highest BCUT2D eigenvalue weighted by molar-refractivity contribution is 5.67. The SMILES string of the molecule is CCCCCCCC1CC=C(c2ccc(C)c(F)c2F)CC1. The second-order valence-electron chi connectivity index (χ2n) is 6.63. The van der Waals surface area contributed by atoms with E-state index in [0.29, 0.717) is 11.1 Å². The minimum atomic E-state index is -0.698. The Bertz CT molecular complexity index is 517. The van der Waals surface area contributed by atoms with Gasteiger partial charge in [0.25, 0.3) is 0 Å². The lowest BCUT2D eigenvalue weighted by molar-refractivity contribution is 0.422. The van der Waals surface area contributed by atoms with Crippen molar-refractivity contribution in [2.45, 2.75) is 71.6 Å². The van der Waals surface area contributed by atoms with Crippen LogP contribution in [0.1, 0.15) is 75.8 Å². The molecule has 2 heteroatoms. The van der Waals surface area contributed by atoms with Gasteiger partial charge in [0.1, 0.15) is 0 Å². The monoisotopic (exact) mass is 306 g/mol. The van der Waals surface area contributed by atoms with Gasteiger partial charge in [0.2, 0.25) is 0 Å². The fraction of sp³-hybridized carbons (Fsp3) is 0.600. The molecule has 0 aromatic heterocycles. The van der Waals surface area contributed by atoms with Gasteiger partial charge in [-0.1, -0.05) is 63.7 Å². The fourth-order valence-electron chi connectivity index (χ4n) is 3.33. The van der Waals surface area contributed by atoms with Gasteiger partial charge in [0.15, 0.2) is 11.6 Å². The van der Waals surface area contributed by atoms with Crippen molar-refractivity contribution in [1.29, 1.82) is 0 Å². The Hall–Kier alpha value is -1.18. The largest absolute Gasteiger partial charge is 0.203 e. The predicted molar refractivity (Wildman–Crippen MR) is 89.8 cm³/mol. The number of benzene rings is 1. The zero-order chi connectivity index (χ0) is 15.9. The molecule has 0 heterocycles. The molecule has 0 N–H and O–H groups in total. The summed E-state index contributed by atoms with van der Waals surface area (Å²) in [6.07, 6.45) is 13.0. The Labute approximate surface area is 133 Å². The zero-order valence-corrected chi connectivity index (χ0v) is 13.9. The third-order valence-electron chi connectivity index (χ3n) is 4.86. The lowest BCUT2D eigenvalue weighted by atomic mass is 9.83. The van der Waals surface area contributed by atoms with Crippen molar-refractivity contribution in [2.75, 3.05) is 0 Å². The molecule has 1 aromatic carbocycles. The van der Waals surface area contributed by atoms with Crippen LogP contribution in [0.25, 0.3) is 5.57 Å². The summed E-state index contributed by atoms with van der Waals surface area (Å²) in [5.41, 5.74) is 1.82. The van der Waals surface area contributed by atoms with Gasteiger partial charge in [-0.2, -0.15) is 0 Å². The fourth-order valence-corrected chi connectivity index (χ4v) is 3.33. The third kappa shape index (κ3) is 4.41. The molecule has 1 aliphatic carbocycles. The maximum absolute atomic E-state index is 14.0. The summed E-state index contributed by atoms with van der Waals surface area (Å²) >= 11 is 0. The highest BCUT2D eigenvalue weighted by atomic mass is 19.2. The molecular weight excluding hydrogens is 278 g/mol. The first-order valence-corrected chi connectivity index (χ1v) is 8.77. The average molecular weight is 306 g/mol. The standard InChI is InChI=1S/C20H28F2/c1-3-4-5-6-7-8-16-10-12-17(13-11-16)18-14-9-15(2)19(21)20(18)22/h9,12,14,16H,3-8,10-11,13H2,1-2H3. The molecule has 0 nitrogen and oxygen atoms in total. The topological polar surface area (TPSA) is 0 Å². The molecule has 122 valence electrons. The zero-order valence-electron chi connectivity index (χ0n) is 13.9. The van der Waals surface area contributed by atoms with Crippen LogP contribution in [0.3, 0.4) is 0 Å². The number of hydrogen-bond donors (Lipinski definition) is 0. The Morgan fingerprint density at radius 2 is 1.82 bits per heavy atom. The van der Waals surface area contributed by atoms with E-state index < -0.39 is 11.6 Å². The molecule has 1 aliphatic rings. The van der Waals surface area contributed by atoms with Crippen molar-refractivity contribution in [2.24, 2.45) is 5.92 Å². The summed E-state index contributed by atoms with van der Waals surface area (Å²) in [5.74, 6) is -0.649. The first-order valence-electron chi connectivity index (χ1n) is 8.77. The minimum absolute atomic E-state index is 0.377. The van der Waals surface area contributed by atoms with Crippen molar-refractivity contribution in [3.63, 3.8) is 0 Å². The van der Waals surface area contributed by atoms with Crippen LogP contribution in [0, 0.1) is 24.5 Å². The average Bonchev–Trinajstić information content (AvgIpc) is 2.53. The summed E-state index contributed by atoms with van der Waals surface area (Å²) in [5, 5.41) is 0. The van der Waals surface area contributed by atoms with Gasteiger partial charge in [-0.25, -0.2) is 8.78 Å². The molecule has 1 unspecified atom stereocenters. The van der Waals surface area contributed by atoms with E-state index >= 15 is 0 Å². The summed E-state index contributed by atoms with van der Waals surface area (Å²) < 4.78 is 27.7. The van der Waals surface area contributed by atoms with Gasteiger partial charge in [0.05, 0.1) is 0 Å². The second kappa shape index (κ2) is 8.45. The number of halogens is 2.